The van der Waals surface area contributed by atoms with Gasteiger partial charge in [0.15, 0.2) is 5.34 Å². The van der Waals surface area contributed by atoms with Gasteiger partial charge in [-0.15, -0.1) is 0 Å². The van der Waals surface area contributed by atoms with Crippen molar-refractivity contribution in [3.63, 3.8) is 0 Å². The molecule has 0 saturated heterocycles. The van der Waals surface area contributed by atoms with Gasteiger partial charge >= 0.3 is 0 Å². The zero-order valence-electron chi connectivity index (χ0n) is 15.6. The van der Waals surface area contributed by atoms with Gasteiger partial charge < -0.3 is 25.0 Å². The van der Waals surface area contributed by atoms with E-state index in [9.17, 15) is 14.8 Å². The van der Waals surface area contributed by atoms with Gasteiger partial charge in [-0.05, 0) is 68.8 Å². The molecule has 0 aliphatic heterocycles. The summed E-state index contributed by atoms with van der Waals surface area (Å²) in [6, 6.07) is 14.1. The summed E-state index contributed by atoms with van der Waals surface area (Å²) >= 11 is 0. The molecule has 1 atom stereocenters. The van der Waals surface area contributed by atoms with E-state index < -0.39 is 11.4 Å². The second kappa shape index (κ2) is 10.3. The van der Waals surface area contributed by atoms with Crippen molar-refractivity contribution < 1.29 is 24.3 Å². The number of aliphatic hydroxyl groups excluding tert-OH is 1. The van der Waals surface area contributed by atoms with Crippen LogP contribution in [0, 0.1) is 0 Å². The van der Waals surface area contributed by atoms with Crippen molar-refractivity contribution in [1.29, 1.82) is 0 Å². The fraction of sp³-hybridized carbons (Fsp3) is 0.400. The lowest BCUT2D eigenvalue weighted by Crippen LogP contribution is -2.32. The summed E-state index contributed by atoms with van der Waals surface area (Å²) in [6.45, 7) is 4.85. The fourth-order valence-electron chi connectivity index (χ4n) is 2.33. The third kappa shape index (κ3) is 7.95. The van der Waals surface area contributed by atoms with E-state index in [1.165, 1.54) is 12.1 Å². The van der Waals surface area contributed by atoms with Crippen LogP contribution in [0.15, 0.2) is 48.5 Å². The van der Waals surface area contributed by atoms with Crippen LogP contribution in [-0.2, 0) is 11.0 Å². The van der Waals surface area contributed by atoms with E-state index in [1.807, 2.05) is 24.3 Å². The molecule has 0 fully saturated rings. The van der Waals surface area contributed by atoms with E-state index in [0.717, 1.165) is 18.5 Å². The van der Waals surface area contributed by atoms with Crippen molar-refractivity contribution >= 4 is 8.46 Å². The second-order valence-corrected chi connectivity index (χ2v) is 7.96. The molecule has 0 aromatic heterocycles. The molecule has 0 spiro atoms. The molecule has 2 aromatic rings. The maximum atomic E-state index is 11.0. The summed E-state index contributed by atoms with van der Waals surface area (Å²) in [6.07, 6.45) is 0.192. The highest BCUT2D eigenvalue weighted by Crippen LogP contribution is 2.26. The molecule has 6 nitrogen and oxygen atoms in total. The lowest BCUT2D eigenvalue weighted by molar-refractivity contribution is 0.106. The van der Waals surface area contributed by atoms with E-state index in [0.29, 0.717) is 18.0 Å². The van der Waals surface area contributed by atoms with Gasteiger partial charge in [0.05, 0.1) is 0 Å². The van der Waals surface area contributed by atoms with Crippen LogP contribution in [0.5, 0.6) is 17.2 Å². The average molecular weight is 391 g/mol. The van der Waals surface area contributed by atoms with Gasteiger partial charge in [0, 0.05) is 6.54 Å². The molecule has 0 heterocycles. The molecule has 7 heteroatoms. The van der Waals surface area contributed by atoms with Crippen LogP contribution in [0.1, 0.15) is 19.4 Å². The Bertz CT molecular complexity index is 703. The van der Waals surface area contributed by atoms with Crippen LogP contribution in [0.2, 0.25) is 0 Å². The molecule has 0 bridgehead atoms. The lowest BCUT2D eigenvalue weighted by Gasteiger charge is -2.18. The minimum atomic E-state index is -0.735. The molecule has 0 amide bonds. The summed E-state index contributed by atoms with van der Waals surface area (Å²) in [5, 5.41) is 21.6. The largest absolute Gasteiger partial charge is 0.508 e. The lowest BCUT2D eigenvalue weighted by atomic mass is 10.1. The molecule has 27 heavy (non-hydrogen) atoms. The minimum absolute atomic E-state index is 0.0556. The quantitative estimate of drug-likeness (QED) is 0.402. The van der Waals surface area contributed by atoms with E-state index in [4.69, 9.17) is 9.47 Å². The highest BCUT2D eigenvalue weighted by molar-refractivity contribution is 7.25. The van der Waals surface area contributed by atoms with Gasteiger partial charge in [0.1, 0.15) is 30.0 Å². The number of benzene rings is 2. The Morgan fingerprint density at radius 2 is 1.70 bits per heavy atom. The third-order valence-electron chi connectivity index (χ3n) is 3.76. The highest BCUT2D eigenvalue weighted by atomic mass is 31.1. The van der Waals surface area contributed by atoms with Crippen molar-refractivity contribution in [3.8, 4) is 17.2 Å². The summed E-state index contributed by atoms with van der Waals surface area (Å²) in [4.78, 5) is 0. The standard InChI is InChI=1S/C20H26NO5P/c1-20(2,27-24)26-19-7-3-15(4-8-19)11-12-21-13-17(23)14-25-18-9-5-16(22)6-10-18/h3-10,17,21-23H,11-14H2,1-2H3. The number of hydrogen-bond donors (Lipinski definition) is 3. The van der Waals surface area contributed by atoms with Gasteiger partial charge in [0.2, 0.25) is 8.46 Å². The Kier molecular flexibility index (Phi) is 8.04. The number of rotatable bonds is 11. The predicted octanol–water partition coefficient (Wildman–Crippen LogP) is 3.37. The van der Waals surface area contributed by atoms with E-state index in [2.05, 4.69) is 5.32 Å². The summed E-state index contributed by atoms with van der Waals surface area (Å²) in [5.41, 5.74) is 1.14. The molecular formula is C20H26NO5P. The van der Waals surface area contributed by atoms with Crippen molar-refractivity contribution in [2.24, 2.45) is 0 Å². The number of aliphatic hydroxyl groups is 1. The molecule has 2 aromatic carbocycles. The Balaban J connectivity index is 1.64. The highest BCUT2D eigenvalue weighted by Gasteiger charge is 2.19. The number of ether oxygens (including phenoxy) is 2. The SMILES string of the molecule is CC(C)(Oc1ccc(CCNCC(O)COc2ccc(O)cc2)cc1)P=O. The molecule has 0 aliphatic rings. The fourth-order valence-corrected chi connectivity index (χ4v) is 2.47. The zero-order valence-corrected chi connectivity index (χ0v) is 16.5. The monoisotopic (exact) mass is 391 g/mol. The van der Waals surface area contributed by atoms with Crippen molar-refractivity contribution in [1.82, 2.24) is 5.32 Å². The zero-order chi connectivity index (χ0) is 19.7. The number of aromatic hydroxyl groups is 1. The predicted molar refractivity (Wildman–Crippen MR) is 105 cm³/mol. The maximum absolute atomic E-state index is 11.0. The molecule has 1 unspecified atom stereocenters. The van der Waals surface area contributed by atoms with Crippen LogP contribution >= 0.6 is 8.46 Å². The normalized spacial score (nSPS) is 12.7. The van der Waals surface area contributed by atoms with Crippen LogP contribution in [0.3, 0.4) is 0 Å². The molecular weight excluding hydrogens is 365 g/mol. The summed E-state index contributed by atoms with van der Waals surface area (Å²) in [5.74, 6) is 1.47. The van der Waals surface area contributed by atoms with Gasteiger partial charge in [-0.2, -0.15) is 0 Å². The first-order chi connectivity index (χ1) is 12.9. The van der Waals surface area contributed by atoms with Crippen LogP contribution in [0.25, 0.3) is 0 Å². The van der Waals surface area contributed by atoms with Crippen molar-refractivity contribution in [3.05, 3.63) is 54.1 Å². The van der Waals surface area contributed by atoms with Gasteiger partial charge in [-0.25, -0.2) is 0 Å². The smallest absolute Gasteiger partial charge is 0.203 e. The average Bonchev–Trinajstić information content (AvgIpc) is 2.66. The van der Waals surface area contributed by atoms with Crippen molar-refractivity contribution in [2.45, 2.75) is 31.7 Å². The van der Waals surface area contributed by atoms with Gasteiger partial charge in [-0.3, -0.25) is 4.57 Å². The van der Waals surface area contributed by atoms with E-state index in [1.54, 1.807) is 26.0 Å². The number of phenolic OH excluding ortho intramolecular Hbond substituents is 1. The van der Waals surface area contributed by atoms with Gasteiger partial charge in [0.25, 0.3) is 0 Å². The van der Waals surface area contributed by atoms with Gasteiger partial charge in [-0.1, -0.05) is 12.1 Å². The van der Waals surface area contributed by atoms with E-state index in [-0.39, 0.29) is 20.8 Å². The van der Waals surface area contributed by atoms with Crippen LogP contribution < -0.4 is 14.8 Å². The molecule has 0 aliphatic carbocycles. The number of hydrogen-bond acceptors (Lipinski definition) is 6. The third-order valence-corrected chi connectivity index (χ3v) is 4.29. The summed E-state index contributed by atoms with van der Waals surface area (Å²) in [7, 11) is -0.0556. The van der Waals surface area contributed by atoms with Crippen molar-refractivity contribution in [2.75, 3.05) is 19.7 Å². The number of nitrogens with one attached hydrogen (secondary N) is 1. The first-order valence-electron chi connectivity index (χ1n) is 8.81. The first kappa shape index (κ1) is 21.2. The molecule has 0 saturated carbocycles. The number of phenols is 1. The second-order valence-electron chi connectivity index (χ2n) is 6.70. The Hall–Kier alpha value is -2.14. The molecule has 2 rings (SSSR count). The molecule has 3 N–H and O–H groups in total. The molecule has 0 radical (unpaired) electrons. The van der Waals surface area contributed by atoms with Crippen LogP contribution in [-0.4, -0.2) is 41.4 Å². The molecule has 146 valence electrons. The first-order valence-corrected chi connectivity index (χ1v) is 9.62. The van der Waals surface area contributed by atoms with Crippen LogP contribution in [0.4, 0.5) is 0 Å². The Labute approximate surface area is 161 Å². The van der Waals surface area contributed by atoms with E-state index >= 15 is 0 Å². The maximum Gasteiger partial charge on any atom is 0.203 e. The Morgan fingerprint density at radius 3 is 2.33 bits per heavy atom. The Morgan fingerprint density at radius 1 is 1.07 bits per heavy atom. The summed E-state index contributed by atoms with van der Waals surface area (Å²) < 4.78 is 22.1. The minimum Gasteiger partial charge on any atom is -0.508 e. The topological polar surface area (TPSA) is 88.0 Å².